The van der Waals surface area contributed by atoms with Crippen molar-refractivity contribution >= 4 is 6.09 Å². The predicted molar refractivity (Wildman–Crippen MR) is 71.5 cm³/mol. The molecule has 1 aliphatic rings. The summed E-state index contributed by atoms with van der Waals surface area (Å²) in [6.45, 7) is 0.370. The molecule has 2 rings (SSSR count). The quantitative estimate of drug-likeness (QED) is 0.539. The molecule has 108 valence electrons. The second-order valence-electron chi connectivity index (χ2n) is 4.97. The van der Waals surface area contributed by atoms with Crippen molar-refractivity contribution < 1.29 is 14.6 Å². The smallest absolute Gasteiger partial charge is 0.407 e. The molecule has 20 heavy (non-hydrogen) atoms. The lowest BCUT2D eigenvalue weighted by atomic mass is 9.76. The highest BCUT2D eigenvalue weighted by atomic mass is 16.5. The maximum atomic E-state index is 11.6. The Morgan fingerprint density at radius 2 is 2.15 bits per heavy atom. The molecule has 1 aliphatic carbocycles. The maximum Gasteiger partial charge on any atom is 0.407 e. The number of ether oxygens (including phenoxy) is 1. The zero-order valence-electron chi connectivity index (χ0n) is 11.0. The summed E-state index contributed by atoms with van der Waals surface area (Å²) in [4.78, 5) is 11.6. The largest absolute Gasteiger partial charge is 0.445 e. The first-order valence-electron chi connectivity index (χ1n) is 6.38. The van der Waals surface area contributed by atoms with E-state index in [1.807, 2.05) is 30.3 Å². The zero-order chi connectivity index (χ0) is 14.4. The fourth-order valence-corrected chi connectivity index (χ4v) is 2.22. The number of carbonyl (C=O) groups is 1. The summed E-state index contributed by atoms with van der Waals surface area (Å²) in [6.07, 6.45) is 0.298. The summed E-state index contributed by atoms with van der Waals surface area (Å²) in [5, 5.41) is 15.3. The van der Waals surface area contributed by atoms with Gasteiger partial charge in [0, 0.05) is 6.04 Å². The van der Waals surface area contributed by atoms with Crippen molar-refractivity contribution in [2.45, 2.75) is 31.1 Å². The predicted octanol–water partition coefficient (Wildman–Crippen LogP) is 1.33. The molecule has 1 amide bonds. The van der Waals surface area contributed by atoms with Crippen LogP contribution >= 0.6 is 0 Å². The molecule has 1 saturated carbocycles. The second-order valence-corrected chi connectivity index (χ2v) is 4.97. The molecule has 1 aromatic carbocycles. The van der Waals surface area contributed by atoms with Crippen LogP contribution in [0.4, 0.5) is 4.79 Å². The minimum atomic E-state index is -0.941. The van der Waals surface area contributed by atoms with Crippen LogP contribution in [0.15, 0.2) is 35.6 Å². The van der Waals surface area contributed by atoms with Crippen molar-refractivity contribution in [2.24, 2.45) is 5.22 Å². The summed E-state index contributed by atoms with van der Waals surface area (Å²) in [5.41, 5.74) is 10.5. The van der Waals surface area contributed by atoms with Gasteiger partial charge in [0.15, 0.2) is 0 Å². The molecule has 7 nitrogen and oxygen atoms in total. The van der Waals surface area contributed by atoms with Gasteiger partial charge in [0.2, 0.25) is 0 Å². The van der Waals surface area contributed by atoms with Gasteiger partial charge in [-0.2, -0.15) is 0 Å². The molecular weight excluding hydrogens is 260 g/mol. The van der Waals surface area contributed by atoms with Gasteiger partial charge >= 0.3 is 6.09 Å². The number of nitrogens with one attached hydrogen (secondary N) is 2. The molecule has 0 atom stereocenters. The molecule has 0 heterocycles. The minimum absolute atomic E-state index is 0.122. The number of benzene rings is 1. The number of amides is 1. The van der Waals surface area contributed by atoms with E-state index in [4.69, 9.17) is 10.3 Å². The lowest BCUT2D eigenvalue weighted by Gasteiger charge is -2.44. The Bertz CT molecular complexity index is 460. The van der Waals surface area contributed by atoms with Gasteiger partial charge in [-0.15, -0.1) is 0 Å². The van der Waals surface area contributed by atoms with E-state index in [1.165, 1.54) is 0 Å². The summed E-state index contributed by atoms with van der Waals surface area (Å²) < 4.78 is 5.08. The molecule has 1 aromatic rings. The number of hydrogen-bond acceptors (Lipinski definition) is 4. The molecule has 1 fully saturated rings. The zero-order valence-corrected chi connectivity index (χ0v) is 11.0. The highest BCUT2D eigenvalue weighted by molar-refractivity contribution is 5.67. The molecular formula is C13H17N4O3-. The second kappa shape index (κ2) is 6.33. The Morgan fingerprint density at radius 3 is 2.80 bits per heavy atom. The Labute approximate surface area is 116 Å². The summed E-state index contributed by atoms with van der Waals surface area (Å²) in [7, 11) is 0. The van der Waals surface area contributed by atoms with E-state index < -0.39 is 11.7 Å². The van der Waals surface area contributed by atoms with E-state index in [9.17, 15) is 9.90 Å². The third-order valence-corrected chi connectivity index (χ3v) is 3.27. The van der Waals surface area contributed by atoms with Gasteiger partial charge in [0.05, 0.1) is 5.60 Å². The van der Waals surface area contributed by atoms with Crippen LogP contribution in [0.3, 0.4) is 0 Å². The van der Waals surface area contributed by atoms with E-state index in [2.05, 4.69) is 16.0 Å². The molecule has 0 aliphatic heterocycles. The topological polar surface area (TPSA) is 105 Å². The molecule has 3 N–H and O–H groups in total. The van der Waals surface area contributed by atoms with E-state index in [0.29, 0.717) is 12.8 Å². The number of rotatable bonds is 6. The fourth-order valence-electron chi connectivity index (χ4n) is 2.22. The molecule has 0 saturated heterocycles. The minimum Gasteiger partial charge on any atom is -0.445 e. The SMILES string of the molecule is [N-]=NNCC1(O)CC(NC(=O)OCc2ccccc2)C1. The third kappa shape index (κ3) is 3.92. The van der Waals surface area contributed by atoms with E-state index in [-0.39, 0.29) is 19.2 Å². The number of carbonyl (C=O) groups excluding carboxylic acids is 1. The molecule has 0 spiro atoms. The van der Waals surface area contributed by atoms with Crippen LogP contribution < -0.4 is 10.7 Å². The highest BCUT2D eigenvalue weighted by Gasteiger charge is 2.42. The van der Waals surface area contributed by atoms with Crippen molar-refractivity contribution in [3.05, 3.63) is 41.4 Å². The van der Waals surface area contributed by atoms with Crippen molar-refractivity contribution in [3.8, 4) is 0 Å². The normalized spacial score (nSPS) is 24.4. The van der Waals surface area contributed by atoms with Crippen LogP contribution in [-0.2, 0) is 11.3 Å². The van der Waals surface area contributed by atoms with Crippen molar-refractivity contribution in [1.29, 1.82) is 0 Å². The van der Waals surface area contributed by atoms with Crippen molar-refractivity contribution in [3.63, 3.8) is 0 Å². The van der Waals surface area contributed by atoms with Crippen molar-refractivity contribution in [2.75, 3.05) is 6.54 Å². The van der Waals surface area contributed by atoms with Gasteiger partial charge < -0.3 is 26.1 Å². The monoisotopic (exact) mass is 277 g/mol. The van der Waals surface area contributed by atoms with Crippen LogP contribution in [0.1, 0.15) is 18.4 Å². The summed E-state index contributed by atoms with van der Waals surface area (Å²) >= 11 is 0. The van der Waals surface area contributed by atoms with Crippen LogP contribution in [0.25, 0.3) is 5.53 Å². The maximum absolute atomic E-state index is 11.6. The molecule has 0 bridgehead atoms. The first-order valence-corrected chi connectivity index (χ1v) is 6.38. The van der Waals surface area contributed by atoms with Gasteiger partial charge in [-0.3, -0.25) is 5.22 Å². The summed E-state index contributed by atoms with van der Waals surface area (Å²) in [5.74, 6) is 0. The van der Waals surface area contributed by atoms with Gasteiger partial charge in [-0.1, -0.05) is 30.3 Å². The van der Waals surface area contributed by atoms with Gasteiger partial charge in [-0.05, 0) is 24.9 Å². The lowest BCUT2D eigenvalue weighted by molar-refractivity contribution is -0.0526. The Balaban J connectivity index is 1.65. The van der Waals surface area contributed by atoms with Gasteiger partial charge in [-0.25, -0.2) is 4.79 Å². The van der Waals surface area contributed by atoms with Crippen LogP contribution in [0.5, 0.6) is 0 Å². The van der Waals surface area contributed by atoms with E-state index >= 15 is 0 Å². The first-order chi connectivity index (χ1) is 9.61. The molecule has 0 radical (unpaired) electrons. The summed E-state index contributed by atoms with van der Waals surface area (Å²) in [6, 6.07) is 9.28. The molecule has 0 unspecified atom stereocenters. The number of hydrogen-bond donors (Lipinski definition) is 3. The van der Waals surface area contributed by atoms with Crippen LogP contribution in [0, 0.1) is 0 Å². The van der Waals surface area contributed by atoms with Crippen LogP contribution in [0.2, 0.25) is 0 Å². The average Bonchev–Trinajstić information content (AvgIpc) is 2.42. The van der Waals surface area contributed by atoms with Crippen LogP contribution in [-0.4, -0.2) is 29.4 Å². The fraction of sp³-hybridized carbons (Fsp3) is 0.462. The molecule has 7 heteroatoms. The Hall–Kier alpha value is -2.15. The first kappa shape index (κ1) is 14.3. The standard InChI is InChI=1S/C13H17N4O3/c14-17-15-9-13(19)6-11(7-13)16-12(18)20-8-10-4-2-1-3-5-10/h1-5,11,19H,6-9H2,(H2-,14,15,16,18)/q-1. The number of nitrogens with zero attached hydrogens (tertiary/aromatic N) is 2. The van der Waals surface area contributed by atoms with Gasteiger partial charge in [0.1, 0.15) is 6.61 Å². The average molecular weight is 277 g/mol. The van der Waals surface area contributed by atoms with Gasteiger partial charge in [0.25, 0.3) is 0 Å². The lowest BCUT2D eigenvalue weighted by Crippen LogP contribution is -2.58. The Morgan fingerprint density at radius 1 is 1.45 bits per heavy atom. The number of alkyl carbamates (subject to hydrolysis) is 1. The Kier molecular flexibility index (Phi) is 4.52. The highest BCUT2D eigenvalue weighted by Crippen LogP contribution is 2.31. The van der Waals surface area contributed by atoms with E-state index in [0.717, 1.165) is 5.56 Å². The third-order valence-electron chi connectivity index (χ3n) is 3.27. The van der Waals surface area contributed by atoms with E-state index in [1.54, 1.807) is 0 Å². The van der Waals surface area contributed by atoms with Crippen molar-refractivity contribution in [1.82, 2.24) is 10.7 Å². The molecule has 0 aromatic heterocycles. The number of aliphatic hydroxyl groups is 1.